The number of rotatable bonds is 2. The van der Waals surface area contributed by atoms with E-state index < -0.39 is 0 Å². The Bertz CT molecular complexity index is 392. The van der Waals surface area contributed by atoms with Gasteiger partial charge in [-0.05, 0) is 7.05 Å². The van der Waals surface area contributed by atoms with Gasteiger partial charge in [-0.25, -0.2) is 0 Å². The number of anilines is 1. The first kappa shape index (κ1) is 14.5. The summed E-state index contributed by atoms with van der Waals surface area (Å²) in [5.74, 6) is 0. The summed E-state index contributed by atoms with van der Waals surface area (Å²) in [5.41, 5.74) is 0.757. The van der Waals surface area contributed by atoms with Crippen LogP contribution in [-0.4, -0.2) is 43.0 Å². The van der Waals surface area contributed by atoms with Crippen molar-refractivity contribution >= 4 is 11.4 Å². The van der Waals surface area contributed by atoms with Crippen LogP contribution in [0.1, 0.15) is 0 Å². The van der Waals surface area contributed by atoms with E-state index in [9.17, 15) is 10.1 Å². The molecule has 0 atom stereocenters. The SMILES string of the molecule is CN1CCN(c2ccc[c-]c2[N+](=O)[O-])CC1.[Y]. The van der Waals surface area contributed by atoms with E-state index in [1.807, 2.05) is 0 Å². The van der Waals surface area contributed by atoms with Crippen molar-refractivity contribution < 1.29 is 37.6 Å². The number of nitro benzene ring substituents is 1. The quantitative estimate of drug-likeness (QED) is 0.467. The number of hydrogen-bond acceptors (Lipinski definition) is 4. The molecule has 0 N–H and O–H groups in total. The Morgan fingerprint density at radius 3 is 2.59 bits per heavy atom. The Kier molecular flexibility index (Phi) is 5.50. The third kappa shape index (κ3) is 3.47. The van der Waals surface area contributed by atoms with Gasteiger partial charge in [0.1, 0.15) is 0 Å². The normalized spacial score (nSPS) is 16.4. The largest absolute Gasteiger partial charge is 0.416 e. The second-order valence-electron chi connectivity index (χ2n) is 3.95. The molecular formula is C11H14N3O2Y-. The number of nitro groups is 1. The monoisotopic (exact) mass is 309 g/mol. The maximum absolute atomic E-state index is 10.9. The molecule has 5 nitrogen and oxygen atoms in total. The van der Waals surface area contributed by atoms with E-state index >= 15 is 0 Å². The molecule has 17 heavy (non-hydrogen) atoms. The van der Waals surface area contributed by atoms with Crippen molar-refractivity contribution in [1.82, 2.24) is 4.90 Å². The van der Waals surface area contributed by atoms with Crippen molar-refractivity contribution in [3.8, 4) is 0 Å². The van der Waals surface area contributed by atoms with E-state index in [0.29, 0.717) is 5.69 Å². The molecule has 1 aromatic carbocycles. The Hall–Kier alpha value is -0.516. The molecule has 89 valence electrons. The smallest absolute Gasteiger partial charge is 0.184 e. The van der Waals surface area contributed by atoms with Crippen LogP contribution in [0.15, 0.2) is 18.2 Å². The second kappa shape index (κ2) is 6.43. The van der Waals surface area contributed by atoms with E-state index in [-0.39, 0.29) is 43.3 Å². The molecule has 0 spiro atoms. The zero-order valence-electron chi connectivity index (χ0n) is 9.80. The second-order valence-corrected chi connectivity index (χ2v) is 3.95. The summed E-state index contributed by atoms with van der Waals surface area (Å²) in [6.07, 6.45) is 0. The van der Waals surface area contributed by atoms with E-state index in [1.165, 1.54) is 0 Å². The maximum atomic E-state index is 10.9. The van der Waals surface area contributed by atoms with Crippen molar-refractivity contribution in [2.24, 2.45) is 0 Å². The van der Waals surface area contributed by atoms with Gasteiger partial charge in [-0.2, -0.15) is 12.1 Å². The molecule has 0 saturated carbocycles. The van der Waals surface area contributed by atoms with Crippen molar-refractivity contribution in [1.29, 1.82) is 0 Å². The summed E-state index contributed by atoms with van der Waals surface area (Å²) in [5, 5.41) is 10.9. The minimum atomic E-state index is -0.367. The summed E-state index contributed by atoms with van der Waals surface area (Å²) in [4.78, 5) is 14.8. The Labute approximate surface area is 126 Å². The van der Waals surface area contributed by atoms with Crippen LogP contribution in [0.4, 0.5) is 11.4 Å². The van der Waals surface area contributed by atoms with Crippen LogP contribution in [0, 0.1) is 16.2 Å². The van der Waals surface area contributed by atoms with Gasteiger partial charge >= 0.3 is 0 Å². The Morgan fingerprint density at radius 2 is 2.00 bits per heavy atom. The Balaban J connectivity index is 0.00000144. The summed E-state index contributed by atoms with van der Waals surface area (Å²) < 4.78 is 0. The van der Waals surface area contributed by atoms with E-state index in [2.05, 4.69) is 22.9 Å². The van der Waals surface area contributed by atoms with Gasteiger partial charge in [0.2, 0.25) is 0 Å². The first-order valence-corrected chi connectivity index (χ1v) is 5.27. The average Bonchev–Trinajstić information content (AvgIpc) is 2.30. The molecule has 1 radical (unpaired) electrons. The molecule has 1 heterocycles. The topological polar surface area (TPSA) is 49.6 Å². The predicted octanol–water partition coefficient (Wildman–Crippen LogP) is 1.14. The van der Waals surface area contributed by atoms with Crippen molar-refractivity contribution in [2.75, 3.05) is 38.1 Å². The molecule has 0 aliphatic carbocycles. The first-order valence-electron chi connectivity index (χ1n) is 5.27. The Morgan fingerprint density at radius 1 is 1.35 bits per heavy atom. The van der Waals surface area contributed by atoms with Gasteiger partial charge in [-0.3, -0.25) is 10.1 Å². The van der Waals surface area contributed by atoms with Crippen LogP contribution < -0.4 is 4.90 Å². The zero-order valence-corrected chi connectivity index (χ0v) is 12.6. The number of nitrogens with zero attached hydrogens (tertiary/aromatic N) is 3. The van der Waals surface area contributed by atoms with Crippen LogP contribution in [-0.2, 0) is 32.7 Å². The first-order chi connectivity index (χ1) is 7.68. The molecule has 1 saturated heterocycles. The van der Waals surface area contributed by atoms with Crippen LogP contribution in [0.2, 0.25) is 0 Å². The van der Waals surface area contributed by atoms with Gasteiger partial charge in [-0.1, -0.05) is 6.07 Å². The number of likely N-dealkylation sites (N-methyl/N-ethyl adjacent to an activating group) is 1. The predicted molar refractivity (Wildman–Crippen MR) is 61.6 cm³/mol. The molecule has 2 rings (SSSR count). The molecule has 1 aliphatic rings. The van der Waals surface area contributed by atoms with E-state index in [0.717, 1.165) is 26.2 Å². The maximum Gasteiger partial charge on any atom is 0.184 e. The molecule has 1 aromatic rings. The van der Waals surface area contributed by atoms with Gasteiger partial charge < -0.3 is 9.80 Å². The standard InChI is InChI=1S/C11H14N3O2.Y/c1-12-6-8-13(9-7-12)10-4-2-3-5-11(10)14(15)16;/h2-4H,6-9H2,1H3;/q-1;. The van der Waals surface area contributed by atoms with Gasteiger partial charge in [-0.15, -0.1) is 6.07 Å². The fraction of sp³-hybridized carbons (Fsp3) is 0.455. The van der Waals surface area contributed by atoms with Crippen LogP contribution in [0.3, 0.4) is 0 Å². The number of hydrogen-bond donors (Lipinski definition) is 0. The molecule has 0 unspecified atom stereocenters. The van der Waals surface area contributed by atoms with Crippen molar-refractivity contribution in [3.63, 3.8) is 0 Å². The fourth-order valence-corrected chi connectivity index (χ4v) is 1.87. The number of para-hydroxylation sites is 1. The molecular weight excluding hydrogens is 295 g/mol. The fourth-order valence-electron chi connectivity index (χ4n) is 1.87. The summed E-state index contributed by atoms with van der Waals surface area (Å²) >= 11 is 0. The molecule has 0 amide bonds. The van der Waals surface area contributed by atoms with Crippen molar-refractivity contribution in [3.05, 3.63) is 34.4 Å². The van der Waals surface area contributed by atoms with Gasteiger partial charge in [0.05, 0.1) is 0 Å². The minimum Gasteiger partial charge on any atom is -0.416 e. The molecule has 0 bridgehead atoms. The third-order valence-corrected chi connectivity index (χ3v) is 2.84. The van der Waals surface area contributed by atoms with Gasteiger partial charge in [0.25, 0.3) is 0 Å². The number of benzene rings is 1. The van der Waals surface area contributed by atoms with Crippen molar-refractivity contribution in [2.45, 2.75) is 0 Å². The van der Waals surface area contributed by atoms with Crippen LogP contribution >= 0.6 is 0 Å². The zero-order chi connectivity index (χ0) is 11.5. The molecule has 1 fully saturated rings. The average molecular weight is 309 g/mol. The third-order valence-electron chi connectivity index (χ3n) is 2.84. The summed E-state index contributed by atoms with van der Waals surface area (Å²) in [6, 6.07) is 7.86. The van der Waals surface area contributed by atoms with Crippen LogP contribution in [0.5, 0.6) is 0 Å². The van der Waals surface area contributed by atoms with Gasteiger partial charge in [0, 0.05) is 69.5 Å². The van der Waals surface area contributed by atoms with Crippen LogP contribution in [0.25, 0.3) is 0 Å². The summed E-state index contributed by atoms with van der Waals surface area (Å²) in [6.45, 7) is 3.53. The summed E-state index contributed by atoms with van der Waals surface area (Å²) in [7, 11) is 2.06. The molecule has 0 aromatic heterocycles. The van der Waals surface area contributed by atoms with E-state index in [1.54, 1.807) is 18.2 Å². The van der Waals surface area contributed by atoms with E-state index in [4.69, 9.17) is 0 Å². The number of piperazine rings is 1. The van der Waals surface area contributed by atoms with Gasteiger partial charge in [0.15, 0.2) is 5.69 Å². The minimum absolute atomic E-state index is 0. The molecule has 6 heteroatoms. The molecule has 1 aliphatic heterocycles.